The van der Waals surface area contributed by atoms with Crippen LogP contribution >= 0.6 is 0 Å². The van der Waals surface area contributed by atoms with Crippen LogP contribution in [0.3, 0.4) is 0 Å². The lowest BCUT2D eigenvalue weighted by atomic mass is 10.2. The standard InChI is InChI=1S/C17H25FN6O/c1-3-16-23-22-13-24(16)10-8-19-17(20-9-11-25-2)21-12-14-4-6-15(18)7-5-14/h4-7,13H,3,8-12H2,1-2H3,(H2,19,20,21). The Bertz CT molecular complexity index is 655. The van der Waals surface area contributed by atoms with Crippen molar-refractivity contribution in [1.82, 2.24) is 25.4 Å². The minimum absolute atomic E-state index is 0.245. The molecule has 2 rings (SSSR count). The Hall–Kier alpha value is -2.48. The number of aryl methyl sites for hydroxylation is 1. The van der Waals surface area contributed by atoms with Crippen LogP contribution in [0.25, 0.3) is 0 Å². The van der Waals surface area contributed by atoms with Crippen molar-refractivity contribution in [3.63, 3.8) is 0 Å². The van der Waals surface area contributed by atoms with Gasteiger partial charge in [-0.05, 0) is 17.7 Å². The fourth-order valence-corrected chi connectivity index (χ4v) is 2.24. The first-order valence-electron chi connectivity index (χ1n) is 8.35. The highest BCUT2D eigenvalue weighted by Crippen LogP contribution is 2.03. The van der Waals surface area contributed by atoms with Gasteiger partial charge in [0.15, 0.2) is 5.96 Å². The van der Waals surface area contributed by atoms with Crippen molar-refractivity contribution >= 4 is 5.96 Å². The van der Waals surface area contributed by atoms with Crippen LogP contribution in [0.15, 0.2) is 35.6 Å². The Morgan fingerprint density at radius 3 is 2.72 bits per heavy atom. The molecule has 1 heterocycles. The number of benzene rings is 1. The highest BCUT2D eigenvalue weighted by molar-refractivity contribution is 5.79. The Balaban J connectivity index is 1.89. The van der Waals surface area contributed by atoms with Gasteiger partial charge in [0.1, 0.15) is 18.0 Å². The number of aromatic nitrogens is 3. The van der Waals surface area contributed by atoms with E-state index in [1.165, 1.54) is 12.1 Å². The number of rotatable bonds is 9. The van der Waals surface area contributed by atoms with Crippen molar-refractivity contribution in [2.24, 2.45) is 4.99 Å². The molecule has 0 saturated heterocycles. The maximum Gasteiger partial charge on any atom is 0.191 e. The van der Waals surface area contributed by atoms with Gasteiger partial charge < -0.3 is 19.9 Å². The first-order chi connectivity index (χ1) is 12.2. The predicted octanol–water partition coefficient (Wildman–Crippen LogP) is 1.36. The third-order valence-corrected chi connectivity index (χ3v) is 3.59. The van der Waals surface area contributed by atoms with Crippen LogP contribution in [-0.4, -0.2) is 47.5 Å². The van der Waals surface area contributed by atoms with Gasteiger partial charge in [-0.15, -0.1) is 10.2 Å². The van der Waals surface area contributed by atoms with Gasteiger partial charge in [-0.25, -0.2) is 9.38 Å². The number of nitrogens with zero attached hydrogens (tertiary/aromatic N) is 4. The molecule has 25 heavy (non-hydrogen) atoms. The maximum atomic E-state index is 13.0. The molecule has 0 bridgehead atoms. The van der Waals surface area contributed by atoms with E-state index in [-0.39, 0.29) is 5.82 Å². The van der Waals surface area contributed by atoms with Crippen LogP contribution in [0.5, 0.6) is 0 Å². The summed E-state index contributed by atoms with van der Waals surface area (Å²) in [5.41, 5.74) is 0.946. The average molecular weight is 348 g/mol. The monoisotopic (exact) mass is 348 g/mol. The van der Waals surface area contributed by atoms with Crippen LogP contribution in [-0.2, 0) is 24.2 Å². The SMILES string of the molecule is CCc1nncn1CCNC(=NCc1ccc(F)cc1)NCCOC. The second kappa shape index (κ2) is 10.4. The summed E-state index contributed by atoms with van der Waals surface area (Å²) >= 11 is 0. The summed E-state index contributed by atoms with van der Waals surface area (Å²) in [6.45, 7) is 5.19. The molecule has 0 unspecified atom stereocenters. The topological polar surface area (TPSA) is 76.4 Å². The van der Waals surface area contributed by atoms with Crippen molar-refractivity contribution in [2.45, 2.75) is 26.4 Å². The van der Waals surface area contributed by atoms with Crippen molar-refractivity contribution in [1.29, 1.82) is 0 Å². The summed E-state index contributed by atoms with van der Waals surface area (Å²) < 4.78 is 20.0. The molecule has 0 saturated carbocycles. The normalized spacial score (nSPS) is 11.6. The predicted molar refractivity (Wildman–Crippen MR) is 94.8 cm³/mol. The molecule has 2 N–H and O–H groups in total. The first kappa shape index (κ1) is 18.9. The second-order valence-corrected chi connectivity index (χ2v) is 5.43. The summed E-state index contributed by atoms with van der Waals surface area (Å²) in [6, 6.07) is 6.34. The van der Waals surface area contributed by atoms with Crippen LogP contribution < -0.4 is 10.6 Å². The van der Waals surface area contributed by atoms with Gasteiger partial charge in [-0.1, -0.05) is 19.1 Å². The number of methoxy groups -OCH3 is 1. The van der Waals surface area contributed by atoms with Crippen LogP contribution in [0, 0.1) is 5.82 Å². The third kappa shape index (κ3) is 6.50. The summed E-state index contributed by atoms with van der Waals surface area (Å²) in [7, 11) is 1.66. The molecule has 0 atom stereocenters. The Morgan fingerprint density at radius 2 is 2.00 bits per heavy atom. The number of nitrogens with one attached hydrogen (secondary N) is 2. The van der Waals surface area contributed by atoms with Gasteiger partial charge >= 0.3 is 0 Å². The van der Waals surface area contributed by atoms with Gasteiger partial charge in [-0.3, -0.25) is 0 Å². The summed E-state index contributed by atoms with van der Waals surface area (Å²) in [5.74, 6) is 1.40. The van der Waals surface area contributed by atoms with E-state index in [1.54, 1.807) is 25.6 Å². The highest BCUT2D eigenvalue weighted by atomic mass is 19.1. The molecule has 136 valence electrons. The zero-order valence-corrected chi connectivity index (χ0v) is 14.7. The van der Waals surface area contributed by atoms with Crippen molar-refractivity contribution in [2.75, 3.05) is 26.8 Å². The zero-order valence-electron chi connectivity index (χ0n) is 14.7. The summed E-state index contributed by atoms with van der Waals surface area (Å²) in [4.78, 5) is 4.53. The average Bonchev–Trinajstić information content (AvgIpc) is 3.08. The first-order valence-corrected chi connectivity index (χ1v) is 8.35. The molecule has 0 aliphatic carbocycles. The zero-order chi connectivity index (χ0) is 17.9. The molecule has 7 nitrogen and oxygen atoms in total. The van der Waals surface area contributed by atoms with E-state index in [0.29, 0.717) is 32.2 Å². The Kier molecular flexibility index (Phi) is 7.84. The van der Waals surface area contributed by atoms with E-state index < -0.39 is 0 Å². The van der Waals surface area contributed by atoms with E-state index in [0.717, 1.165) is 24.4 Å². The van der Waals surface area contributed by atoms with Gasteiger partial charge in [0.25, 0.3) is 0 Å². The highest BCUT2D eigenvalue weighted by Gasteiger charge is 2.03. The molecule has 0 fully saturated rings. The lowest BCUT2D eigenvalue weighted by molar-refractivity contribution is 0.203. The molecule has 2 aromatic rings. The van der Waals surface area contributed by atoms with E-state index in [2.05, 4.69) is 32.7 Å². The fraction of sp³-hybridized carbons (Fsp3) is 0.471. The van der Waals surface area contributed by atoms with E-state index >= 15 is 0 Å². The lowest BCUT2D eigenvalue weighted by Crippen LogP contribution is -2.40. The number of halogens is 1. The molecule has 1 aromatic carbocycles. The number of hydrogen-bond donors (Lipinski definition) is 2. The minimum Gasteiger partial charge on any atom is -0.383 e. The lowest BCUT2D eigenvalue weighted by Gasteiger charge is -2.13. The van der Waals surface area contributed by atoms with Gasteiger partial charge in [0, 0.05) is 33.2 Å². The largest absolute Gasteiger partial charge is 0.383 e. The van der Waals surface area contributed by atoms with Crippen LogP contribution in [0.4, 0.5) is 4.39 Å². The molecule has 0 aliphatic heterocycles. The summed E-state index contributed by atoms with van der Waals surface area (Å²) in [5, 5.41) is 14.5. The Morgan fingerprint density at radius 1 is 1.24 bits per heavy atom. The smallest absolute Gasteiger partial charge is 0.191 e. The van der Waals surface area contributed by atoms with E-state index in [4.69, 9.17) is 4.74 Å². The Labute approximate surface area is 147 Å². The summed E-state index contributed by atoms with van der Waals surface area (Å²) in [6.07, 6.45) is 2.58. The molecule has 0 spiro atoms. The quantitative estimate of drug-likeness (QED) is 0.407. The van der Waals surface area contributed by atoms with Gasteiger partial charge in [0.05, 0.1) is 13.2 Å². The molecule has 1 aromatic heterocycles. The molecule has 0 aliphatic rings. The van der Waals surface area contributed by atoms with Gasteiger partial charge in [-0.2, -0.15) is 0 Å². The molecular weight excluding hydrogens is 323 g/mol. The van der Waals surface area contributed by atoms with Crippen LogP contribution in [0.1, 0.15) is 18.3 Å². The van der Waals surface area contributed by atoms with E-state index in [1.807, 2.05) is 4.57 Å². The molecular formula is C17H25FN6O. The molecule has 8 heteroatoms. The van der Waals surface area contributed by atoms with E-state index in [9.17, 15) is 4.39 Å². The van der Waals surface area contributed by atoms with Crippen molar-refractivity contribution in [3.05, 3.63) is 47.8 Å². The number of guanidine groups is 1. The van der Waals surface area contributed by atoms with Crippen molar-refractivity contribution < 1.29 is 9.13 Å². The van der Waals surface area contributed by atoms with Gasteiger partial charge in [0.2, 0.25) is 0 Å². The molecule has 0 amide bonds. The number of ether oxygens (including phenoxy) is 1. The maximum absolute atomic E-state index is 13.0. The van der Waals surface area contributed by atoms with Crippen LogP contribution in [0.2, 0.25) is 0 Å². The number of hydrogen-bond acceptors (Lipinski definition) is 4. The fourth-order valence-electron chi connectivity index (χ4n) is 2.24. The molecule has 0 radical (unpaired) electrons. The number of aliphatic imine (C=N–C) groups is 1. The van der Waals surface area contributed by atoms with Crippen molar-refractivity contribution in [3.8, 4) is 0 Å². The minimum atomic E-state index is -0.245. The second-order valence-electron chi connectivity index (χ2n) is 5.43. The third-order valence-electron chi connectivity index (χ3n) is 3.59.